The molecule has 1 fully saturated rings. The van der Waals surface area contributed by atoms with Crippen LogP contribution in [0.25, 0.3) is 11.0 Å². The van der Waals surface area contributed by atoms with Crippen molar-refractivity contribution in [2.75, 3.05) is 23.3 Å². The third-order valence-corrected chi connectivity index (χ3v) is 4.43. The zero-order valence-electron chi connectivity index (χ0n) is 9.57. The van der Waals surface area contributed by atoms with E-state index >= 15 is 0 Å². The molecule has 1 atom stereocenters. The Morgan fingerprint density at radius 3 is 3.29 bits per heavy atom. The summed E-state index contributed by atoms with van der Waals surface area (Å²) in [5.41, 5.74) is 8.45. The first-order chi connectivity index (χ1) is 8.31. The van der Waals surface area contributed by atoms with E-state index in [1.807, 2.05) is 30.0 Å². The van der Waals surface area contributed by atoms with Crippen LogP contribution in [0, 0.1) is 0 Å². The van der Waals surface area contributed by atoms with E-state index in [4.69, 9.17) is 5.73 Å². The van der Waals surface area contributed by atoms with Gasteiger partial charge in [0.2, 0.25) is 5.95 Å². The van der Waals surface area contributed by atoms with Gasteiger partial charge >= 0.3 is 0 Å². The second-order valence-electron chi connectivity index (χ2n) is 4.38. The Balaban J connectivity index is 1.72. The Kier molecular flexibility index (Phi) is 2.84. The molecule has 1 aromatic heterocycles. The summed E-state index contributed by atoms with van der Waals surface area (Å²) in [4.78, 5) is 7.73. The van der Waals surface area contributed by atoms with Gasteiger partial charge < -0.3 is 16.0 Å². The molecule has 2 aromatic rings. The number of imidazole rings is 1. The first-order valence-corrected chi connectivity index (χ1v) is 6.97. The van der Waals surface area contributed by atoms with E-state index in [1.54, 1.807) is 0 Å². The maximum atomic E-state index is 5.74. The van der Waals surface area contributed by atoms with Crippen LogP contribution in [0.15, 0.2) is 18.2 Å². The summed E-state index contributed by atoms with van der Waals surface area (Å²) in [6, 6.07) is 5.73. The molecule has 17 heavy (non-hydrogen) atoms. The van der Waals surface area contributed by atoms with Crippen molar-refractivity contribution < 1.29 is 0 Å². The highest BCUT2D eigenvalue weighted by atomic mass is 32.2. The average molecular weight is 248 g/mol. The lowest BCUT2D eigenvalue weighted by Gasteiger charge is -2.08. The number of aromatic amines is 1. The molecule has 0 radical (unpaired) electrons. The van der Waals surface area contributed by atoms with Crippen molar-refractivity contribution in [2.24, 2.45) is 0 Å². The number of nitrogens with two attached hydrogens (primary N) is 1. The van der Waals surface area contributed by atoms with Crippen LogP contribution in [0.3, 0.4) is 0 Å². The highest BCUT2D eigenvalue weighted by molar-refractivity contribution is 8.00. The number of anilines is 2. The second kappa shape index (κ2) is 4.49. The van der Waals surface area contributed by atoms with Gasteiger partial charge in [-0.05, 0) is 36.8 Å². The molecule has 0 saturated carbocycles. The van der Waals surface area contributed by atoms with Crippen LogP contribution in [0.1, 0.15) is 12.8 Å². The summed E-state index contributed by atoms with van der Waals surface area (Å²) in [7, 11) is 0. The number of H-pyrrole nitrogens is 1. The molecule has 3 rings (SSSR count). The van der Waals surface area contributed by atoms with Gasteiger partial charge in [-0.3, -0.25) is 0 Å². The SMILES string of the molecule is Nc1ccc2nc(NCC3CCCS3)[nH]c2c1. The van der Waals surface area contributed by atoms with Gasteiger partial charge in [-0.15, -0.1) is 0 Å². The van der Waals surface area contributed by atoms with Gasteiger partial charge in [0.25, 0.3) is 0 Å². The van der Waals surface area contributed by atoms with Gasteiger partial charge in [0.15, 0.2) is 0 Å². The lowest BCUT2D eigenvalue weighted by atomic mass is 10.2. The van der Waals surface area contributed by atoms with Crippen molar-refractivity contribution in [1.82, 2.24) is 9.97 Å². The van der Waals surface area contributed by atoms with Crippen LogP contribution in [-0.2, 0) is 0 Å². The smallest absolute Gasteiger partial charge is 0.201 e. The van der Waals surface area contributed by atoms with Gasteiger partial charge in [-0.1, -0.05) is 0 Å². The fourth-order valence-corrected chi connectivity index (χ4v) is 3.33. The lowest BCUT2D eigenvalue weighted by molar-refractivity contribution is 0.802. The summed E-state index contributed by atoms with van der Waals surface area (Å²) in [5.74, 6) is 2.14. The fraction of sp³-hybridized carbons (Fsp3) is 0.417. The van der Waals surface area contributed by atoms with E-state index in [0.29, 0.717) is 0 Å². The summed E-state index contributed by atoms with van der Waals surface area (Å²) in [5, 5.41) is 4.10. The van der Waals surface area contributed by atoms with Crippen LogP contribution in [0.4, 0.5) is 11.6 Å². The van der Waals surface area contributed by atoms with Crippen LogP contribution in [0.5, 0.6) is 0 Å². The molecule has 90 valence electrons. The van der Waals surface area contributed by atoms with Gasteiger partial charge in [-0.25, -0.2) is 4.98 Å². The van der Waals surface area contributed by atoms with Crippen molar-refractivity contribution in [3.63, 3.8) is 0 Å². The van der Waals surface area contributed by atoms with Crippen LogP contribution >= 0.6 is 11.8 Å². The molecule has 0 spiro atoms. The lowest BCUT2D eigenvalue weighted by Crippen LogP contribution is -2.14. The van der Waals surface area contributed by atoms with Crippen molar-refractivity contribution in [3.05, 3.63) is 18.2 Å². The molecule has 1 aromatic carbocycles. The zero-order valence-corrected chi connectivity index (χ0v) is 10.4. The van der Waals surface area contributed by atoms with Gasteiger partial charge in [0.05, 0.1) is 11.0 Å². The first-order valence-electron chi connectivity index (χ1n) is 5.92. The molecule has 0 bridgehead atoms. The molecule has 2 heterocycles. The van der Waals surface area contributed by atoms with Crippen molar-refractivity contribution in [3.8, 4) is 0 Å². The van der Waals surface area contributed by atoms with E-state index in [1.165, 1.54) is 18.6 Å². The minimum absolute atomic E-state index is 0.730. The topological polar surface area (TPSA) is 66.7 Å². The number of hydrogen-bond donors (Lipinski definition) is 3. The predicted molar refractivity (Wildman–Crippen MR) is 74.5 cm³/mol. The minimum atomic E-state index is 0.730. The zero-order chi connectivity index (χ0) is 11.7. The maximum absolute atomic E-state index is 5.74. The molecule has 1 aliphatic rings. The Bertz CT molecular complexity index is 516. The Labute approximate surface area is 104 Å². The number of thioether (sulfide) groups is 1. The molecular formula is C12H16N4S. The summed E-state index contributed by atoms with van der Waals surface area (Å²) < 4.78 is 0. The molecule has 1 saturated heterocycles. The van der Waals surface area contributed by atoms with Crippen LogP contribution in [0.2, 0.25) is 0 Å². The van der Waals surface area contributed by atoms with Gasteiger partial charge in [-0.2, -0.15) is 11.8 Å². The van der Waals surface area contributed by atoms with Crippen LogP contribution < -0.4 is 11.1 Å². The van der Waals surface area contributed by atoms with E-state index in [2.05, 4.69) is 15.3 Å². The average Bonchev–Trinajstić information content (AvgIpc) is 2.94. The minimum Gasteiger partial charge on any atom is -0.399 e. The van der Waals surface area contributed by atoms with Crippen LogP contribution in [-0.4, -0.2) is 27.5 Å². The summed E-state index contributed by atoms with van der Waals surface area (Å²) in [6.45, 7) is 0.986. The third kappa shape index (κ3) is 2.34. The predicted octanol–water partition coefficient (Wildman–Crippen LogP) is 2.45. The molecule has 4 nitrogen and oxygen atoms in total. The number of nitrogens with zero attached hydrogens (tertiary/aromatic N) is 1. The highest BCUT2D eigenvalue weighted by Crippen LogP contribution is 2.26. The third-order valence-electron chi connectivity index (χ3n) is 3.03. The molecule has 1 aliphatic heterocycles. The molecule has 5 heteroatoms. The number of nitrogen functional groups attached to an aromatic ring is 1. The number of benzene rings is 1. The second-order valence-corrected chi connectivity index (χ2v) is 5.79. The molecular weight excluding hydrogens is 232 g/mol. The quantitative estimate of drug-likeness (QED) is 0.730. The van der Waals surface area contributed by atoms with Crippen molar-refractivity contribution in [2.45, 2.75) is 18.1 Å². The fourth-order valence-electron chi connectivity index (χ4n) is 2.13. The number of fused-ring (bicyclic) bond motifs is 1. The summed E-state index contributed by atoms with van der Waals surface area (Å²) in [6.07, 6.45) is 2.65. The Morgan fingerprint density at radius 2 is 2.47 bits per heavy atom. The molecule has 0 amide bonds. The first kappa shape index (κ1) is 10.8. The standard InChI is InChI=1S/C12H16N4S/c13-8-3-4-10-11(6-8)16-12(15-10)14-7-9-2-1-5-17-9/h3-4,6,9H,1-2,5,7,13H2,(H2,14,15,16). The van der Waals surface area contributed by atoms with Crippen molar-refractivity contribution >= 4 is 34.4 Å². The number of hydrogen-bond acceptors (Lipinski definition) is 4. The molecule has 0 aliphatic carbocycles. The highest BCUT2D eigenvalue weighted by Gasteiger charge is 2.15. The number of rotatable bonds is 3. The molecule has 1 unspecified atom stereocenters. The Morgan fingerprint density at radius 1 is 1.53 bits per heavy atom. The number of aromatic nitrogens is 2. The largest absolute Gasteiger partial charge is 0.399 e. The summed E-state index contributed by atoms with van der Waals surface area (Å²) >= 11 is 2.05. The Hall–Kier alpha value is -1.36. The number of nitrogens with one attached hydrogen (secondary N) is 2. The van der Waals surface area contributed by atoms with Crippen molar-refractivity contribution in [1.29, 1.82) is 0 Å². The van der Waals surface area contributed by atoms with E-state index in [0.717, 1.165) is 34.5 Å². The normalized spacial score (nSPS) is 19.9. The van der Waals surface area contributed by atoms with E-state index in [9.17, 15) is 0 Å². The van der Waals surface area contributed by atoms with E-state index in [-0.39, 0.29) is 0 Å². The van der Waals surface area contributed by atoms with E-state index < -0.39 is 0 Å². The van der Waals surface area contributed by atoms with Gasteiger partial charge in [0, 0.05) is 17.5 Å². The molecule has 4 N–H and O–H groups in total. The monoisotopic (exact) mass is 248 g/mol. The maximum Gasteiger partial charge on any atom is 0.201 e. The van der Waals surface area contributed by atoms with Gasteiger partial charge in [0.1, 0.15) is 0 Å².